The molecule has 144 valence electrons. The Labute approximate surface area is 161 Å². The molecular weight excluding hydrogens is 360 g/mol. The first kappa shape index (κ1) is 19.6. The molecule has 0 unspecified atom stereocenters. The average Bonchev–Trinajstić information content (AvgIpc) is 2.68. The number of sulfonamides is 1. The number of hydrogen-bond acceptors (Lipinski definition) is 3. The summed E-state index contributed by atoms with van der Waals surface area (Å²) < 4.78 is 27.3. The van der Waals surface area contributed by atoms with Crippen molar-refractivity contribution in [3.05, 3.63) is 65.2 Å². The zero-order chi connectivity index (χ0) is 19.4. The van der Waals surface area contributed by atoms with E-state index in [1.54, 1.807) is 18.2 Å². The van der Waals surface area contributed by atoms with E-state index >= 15 is 0 Å². The standard InChI is InChI=1S/C21H26N2O3S/c1-16-6-8-18(9-7-16)15-22-21(24)19-4-3-5-20(14-19)27(25,26)23-12-10-17(2)11-13-23/h3-9,14,17H,10-13,15H2,1-2H3,(H,22,24). The zero-order valence-electron chi connectivity index (χ0n) is 15.8. The summed E-state index contributed by atoms with van der Waals surface area (Å²) in [6.07, 6.45) is 1.74. The van der Waals surface area contributed by atoms with E-state index < -0.39 is 10.0 Å². The predicted octanol–water partition coefficient (Wildman–Crippen LogP) is 3.35. The predicted molar refractivity (Wildman–Crippen MR) is 106 cm³/mol. The van der Waals surface area contributed by atoms with Gasteiger partial charge in [0.1, 0.15) is 0 Å². The van der Waals surface area contributed by atoms with E-state index in [1.807, 2.05) is 31.2 Å². The summed E-state index contributed by atoms with van der Waals surface area (Å²) in [6.45, 7) is 5.63. The summed E-state index contributed by atoms with van der Waals surface area (Å²) in [5, 5.41) is 2.85. The van der Waals surface area contributed by atoms with Crippen molar-refractivity contribution in [2.24, 2.45) is 5.92 Å². The number of rotatable bonds is 5. The maximum Gasteiger partial charge on any atom is 0.251 e. The number of amides is 1. The summed E-state index contributed by atoms with van der Waals surface area (Å²) in [7, 11) is -3.56. The molecule has 1 saturated heterocycles. The van der Waals surface area contributed by atoms with E-state index in [-0.39, 0.29) is 10.8 Å². The first-order chi connectivity index (χ1) is 12.9. The van der Waals surface area contributed by atoms with Gasteiger partial charge >= 0.3 is 0 Å². The van der Waals surface area contributed by atoms with Crippen LogP contribution in [0.2, 0.25) is 0 Å². The topological polar surface area (TPSA) is 66.5 Å². The van der Waals surface area contributed by atoms with Gasteiger partial charge in [-0.3, -0.25) is 4.79 Å². The van der Waals surface area contributed by atoms with Crippen molar-refractivity contribution in [2.75, 3.05) is 13.1 Å². The number of aryl methyl sites for hydroxylation is 1. The molecule has 1 fully saturated rings. The zero-order valence-corrected chi connectivity index (χ0v) is 16.6. The van der Waals surface area contributed by atoms with Crippen LogP contribution in [-0.4, -0.2) is 31.7 Å². The van der Waals surface area contributed by atoms with Crippen LogP contribution in [0.1, 0.15) is 41.3 Å². The van der Waals surface area contributed by atoms with Crippen molar-refractivity contribution < 1.29 is 13.2 Å². The maximum atomic E-state index is 12.9. The highest BCUT2D eigenvalue weighted by Crippen LogP contribution is 2.24. The molecule has 0 bridgehead atoms. The van der Waals surface area contributed by atoms with Crippen molar-refractivity contribution in [2.45, 2.75) is 38.1 Å². The van der Waals surface area contributed by atoms with Crippen molar-refractivity contribution in [1.82, 2.24) is 9.62 Å². The maximum absolute atomic E-state index is 12.9. The van der Waals surface area contributed by atoms with Crippen LogP contribution in [0.3, 0.4) is 0 Å². The van der Waals surface area contributed by atoms with Crippen LogP contribution < -0.4 is 5.32 Å². The van der Waals surface area contributed by atoms with Crippen LogP contribution in [0, 0.1) is 12.8 Å². The van der Waals surface area contributed by atoms with Gasteiger partial charge in [-0.2, -0.15) is 4.31 Å². The third-order valence-electron chi connectivity index (χ3n) is 5.05. The molecule has 2 aromatic rings. The molecule has 0 saturated carbocycles. The lowest BCUT2D eigenvalue weighted by molar-refractivity contribution is 0.0950. The lowest BCUT2D eigenvalue weighted by atomic mass is 10.0. The highest BCUT2D eigenvalue weighted by Gasteiger charge is 2.28. The molecule has 1 heterocycles. The SMILES string of the molecule is Cc1ccc(CNC(=O)c2cccc(S(=O)(=O)N3CCC(C)CC3)c2)cc1. The summed E-state index contributed by atoms with van der Waals surface area (Å²) in [4.78, 5) is 12.6. The Hall–Kier alpha value is -2.18. The van der Waals surface area contributed by atoms with Gasteiger partial charge in [0.15, 0.2) is 0 Å². The van der Waals surface area contributed by atoms with Gasteiger partial charge < -0.3 is 5.32 Å². The van der Waals surface area contributed by atoms with Gasteiger partial charge in [0.25, 0.3) is 5.91 Å². The Kier molecular flexibility index (Phi) is 5.97. The molecule has 1 N–H and O–H groups in total. The Morgan fingerprint density at radius 2 is 1.78 bits per heavy atom. The monoisotopic (exact) mass is 386 g/mol. The third-order valence-corrected chi connectivity index (χ3v) is 6.94. The number of nitrogens with one attached hydrogen (secondary N) is 1. The number of benzene rings is 2. The molecule has 2 aromatic carbocycles. The molecule has 0 aliphatic carbocycles. The van der Waals surface area contributed by atoms with Gasteiger partial charge in [-0.05, 0) is 49.4 Å². The number of carbonyl (C=O) groups is 1. The lowest BCUT2D eigenvalue weighted by Crippen LogP contribution is -2.38. The van der Waals surface area contributed by atoms with Gasteiger partial charge in [0.2, 0.25) is 10.0 Å². The Morgan fingerprint density at radius 1 is 1.11 bits per heavy atom. The summed E-state index contributed by atoms with van der Waals surface area (Å²) in [5.41, 5.74) is 2.52. The largest absolute Gasteiger partial charge is 0.348 e. The van der Waals surface area contributed by atoms with Crippen LogP contribution in [0.5, 0.6) is 0 Å². The van der Waals surface area contributed by atoms with Crippen LogP contribution in [0.25, 0.3) is 0 Å². The van der Waals surface area contributed by atoms with Crippen molar-refractivity contribution in [3.63, 3.8) is 0 Å². The first-order valence-electron chi connectivity index (χ1n) is 9.30. The lowest BCUT2D eigenvalue weighted by Gasteiger charge is -2.29. The first-order valence-corrected chi connectivity index (χ1v) is 10.7. The van der Waals surface area contributed by atoms with Crippen LogP contribution in [0.4, 0.5) is 0 Å². The molecule has 1 aliphatic heterocycles. The molecular formula is C21H26N2O3S. The number of piperidine rings is 1. The third kappa shape index (κ3) is 4.76. The van der Waals surface area contributed by atoms with E-state index in [9.17, 15) is 13.2 Å². The second-order valence-electron chi connectivity index (χ2n) is 7.28. The Balaban J connectivity index is 1.70. The molecule has 27 heavy (non-hydrogen) atoms. The second kappa shape index (κ2) is 8.23. The minimum Gasteiger partial charge on any atom is -0.348 e. The Bertz CT molecular complexity index is 899. The van der Waals surface area contributed by atoms with Crippen LogP contribution in [0.15, 0.2) is 53.4 Å². The van der Waals surface area contributed by atoms with Gasteiger partial charge in [-0.1, -0.05) is 42.8 Å². The average molecular weight is 387 g/mol. The van der Waals surface area contributed by atoms with E-state index in [2.05, 4.69) is 12.2 Å². The highest BCUT2D eigenvalue weighted by molar-refractivity contribution is 7.89. The van der Waals surface area contributed by atoms with E-state index in [1.165, 1.54) is 10.4 Å². The summed E-state index contributed by atoms with van der Waals surface area (Å²) >= 11 is 0. The smallest absolute Gasteiger partial charge is 0.251 e. The van der Waals surface area contributed by atoms with Gasteiger partial charge in [-0.15, -0.1) is 0 Å². The fraction of sp³-hybridized carbons (Fsp3) is 0.381. The van der Waals surface area contributed by atoms with Gasteiger partial charge in [0, 0.05) is 25.2 Å². The molecule has 0 radical (unpaired) electrons. The number of carbonyl (C=O) groups excluding carboxylic acids is 1. The van der Waals surface area contributed by atoms with Crippen molar-refractivity contribution >= 4 is 15.9 Å². The second-order valence-corrected chi connectivity index (χ2v) is 9.22. The minimum atomic E-state index is -3.56. The molecule has 1 aliphatic rings. The normalized spacial score (nSPS) is 16.2. The molecule has 0 aromatic heterocycles. The fourth-order valence-corrected chi connectivity index (χ4v) is 4.68. The molecule has 6 heteroatoms. The fourth-order valence-electron chi connectivity index (χ4n) is 3.16. The number of hydrogen-bond donors (Lipinski definition) is 1. The van der Waals surface area contributed by atoms with E-state index in [4.69, 9.17) is 0 Å². The minimum absolute atomic E-state index is 0.181. The molecule has 1 amide bonds. The van der Waals surface area contributed by atoms with E-state index in [0.29, 0.717) is 31.1 Å². The number of nitrogens with zero attached hydrogens (tertiary/aromatic N) is 1. The van der Waals surface area contributed by atoms with Crippen LogP contribution >= 0.6 is 0 Å². The highest BCUT2D eigenvalue weighted by atomic mass is 32.2. The van der Waals surface area contributed by atoms with Gasteiger partial charge in [-0.25, -0.2) is 8.42 Å². The quantitative estimate of drug-likeness (QED) is 0.857. The van der Waals surface area contributed by atoms with Crippen molar-refractivity contribution in [1.29, 1.82) is 0 Å². The Morgan fingerprint density at radius 3 is 2.44 bits per heavy atom. The summed E-state index contributed by atoms with van der Waals surface area (Å²) in [6, 6.07) is 14.2. The van der Waals surface area contributed by atoms with Crippen molar-refractivity contribution in [3.8, 4) is 0 Å². The molecule has 0 atom stereocenters. The van der Waals surface area contributed by atoms with Gasteiger partial charge in [0.05, 0.1) is 4.90 Å². The summed E-state index contributed by atoms with van der Waals surface area (Å²) in [5.74, 6) is 0.273. The van der Waals surface area contributed by atoms with E-state index in [0.717, 1.165) is 24.0 Å². The molecule has 0 spiro atoms. The van der Waals surface area contributed by atoms with Crippen LogP contribution in [-0.2, 0) is 16.6 Å². The molecule has 5 nitrogen and oxygen atoms in total. The molecule has 3 rings (SSSR count).